The van der Waals surface area contributed by atoms with Gasteiger partial charge in [0, 0.05) is 0 Å². The van der Waals surface area contributed by atoms with Gasteiger partial charge in [-0.25, -0.2) is 4.57 Å². The van der Waals surface area contributed by atoms with Crippen LogP contribution in [-0.2, 0) is 24.7 Å². The minimum absolute atomic E-state index is 0.166. The average molecular weight is 300 g/mol. The van der Waals surface area contributed by atoms with Crippen LogP contribution in [0.5, 0.6) is 0 Å². The summed E-state index contributed by atoms with van der Waals surface area (Å²) in [5.74, 6) is 0. The molecule has 0 saturated heterocycles. The molecule has 0 fully saturated rings. The van der Waals surface area contributed by atoms with Crippen molar-refractivity contribution >= 4 is 7.82 Å². The standard InChI is InChI=1S/C15H25O4P/c1-5-13(3)18-20(16,19-14(4)6-2)17-12-15-10-8-7-9-11-15/h7-11,13-14H,5-6,12H2,1-4H3. The molecule has 5 heteroatoms. The second kappa shape index (κ2) is 8.58. The largest absolute Gasteiger partial charge is 0.475 e. The highest BCUT2D eigenvalue weighted by Crippen LogP contribution is 2.52. The van der Waals surface area contributed by atoms with Crippen molar-refractivity contribution in [1.29, 1.82) is 0 Å². The van der Waals surface area contributed by atoms with Crippen LogP contribution in [-0.4, -0.2) is 12.2 Å². The molecule has 1 rings (SSSR count). The molecular weight excluding hydrogens is 275 g/mol. The van der Waals surface area contributed by atoms with Crippen molar-refractivity contribution in [3.05, 3.63) is 35.9 Å². The van der Waals surface area contributed by atoms with Gasteiger partial charge in [0.05, 0.1) is 18.8 Å². The molecule has 1 aromatic rings. The molecule has 114 valence electrons. The first-order chi connectivity index (χ1) is 9.49. The Balaban J connectivity index is 2.69. The Morgan fingerprint density at radius 2 is 1.50 bits per heavy atom. The zero-order valence-corrected chi connectivity index (χ0v) is 13.6. The molecule has 0 radical (unpaired) electrons. The highest BCUT2D eigenvalue weighted by Gasteiger charge is 2.31. The predicted octanol–water partition coefficient (Wildman–Crippen LogP) is 4.94. The highest BCUT2D eigenvalue weighted by atomic mass is 31.2. The molecule has 0 N–H and O–H groups in total. The van der Waals surface area contributed by atoms with Crippen LogP contribution in [0.1, 0.15) is 46.1 Å². The van der Waals surface area contributed by atoms with E-state index in [2.05, 4.69) is 0 Å². The topological polar surface area (TPSA) is 44.8 Å². The lowest BCUT2D eigenvalue weighted by Gasteiger charge is -2.23. The van der Waals surface area contributed by atoms with Crippen LogP contribution in [0.2, 0.25) is 0 Å². The molecule has 0 aromatic heterocycles. The van der Waals surface area contributed by atoms with E-state index in [1.807, 2.05) is 58.0 Å². The Bertz CT molecular complexity index is 405. The smallest absolute Gasteiger partial charge is 0.284 e. The van der Waals surface area contributed by atoms with Crippen molar-refractivity contribution in [2.45, 2.75) is 59.4 Å². The lowest BCUT2D eigenvalue weighted by Crippen LogP contribution is -2.13. The molecule has 2 atom stereocenters. The normalized spacial score (nSPS) is 17.4. The van der Waals surface area contributed by atoms with Crippen LogP contribution in [0.25, 0.3) is 0 Å². The van der Waals surface area contributed by atoms with Crippen molar-refractivity contribution in [3.8, 4) is 0 Å². The first kappa shape index (κ1) is 17.4. The van der Waals surface area contributed by atoms with E-state index in [1.165, 1.54) is 0 Å². The quantitative estimate of drug-likeness (QED) is 0.606. The van der Waals surface area contributed by atoms with Gasteiger partial charge in [-0.3, -0.25) is 13.6 Å². The Hall–Kier alpha value is -0.670. The zero-order chi connectivity index (χ0) is 15.0. The van der Waals surface area contributed by atoms with Crippen molar-refractivity contribution < 1.29 is 18.1 Å². The first-order valence-electron chi connectivity index (χ1n) is 7.14. The summed E-state index contributed by atoms with van der Waals surface area (Å²) in [6.07, 6.45) is 1.17. The van der Waals surface area contributed by atoms with Crippen LogP contribution in [0.15, 0.2) is 30.3 Å². The summed E-state index contributed by atoms with van der Waals surface area (Å²) in [6, 6.07) is 9.57. The van der Waals surface area contributed by atoms with E-state index >= 15 is 0 Å². The summed E-state index contributed by atoms with van der Waals surface area (Å²) in [7, 11) is -3.53. The average Bonchev–Trinajstić information content (AvgIpc) is 2.46. The second-order valence-electron chi connectivity index (χ2n) is 4.85. The van der Waals surface area contributed by atoms with Crippen LogP contribution in [0.3, 0.4) is 0 Å². The van der Waals surface area contributed by atoms with Crippen LogP contribution in [0.4, 0.5) is 0 Å². The Kier molecular flexibility index (Phi) is 7.46. The molecule has 0 bridgehead atoms. The van der Waals surface area contributed by atoms with Gasteiger partial charge in [0.1, 0.15) is 0 Å². The SMILES string of the molecule is CCC(C)OP(=O)(OCc1ccccc1)OC(C)CC. The Morgan fingerprint density at radius 3 is 1.95 bits per heavy atom. The summed E-state index contributed by atoms with van der Waals surface area (Å²) in [6.45, 7) is 7.87. The monoisotopic (exact) mass is 300 g/mol. The maximum atomic E-state index is 12.7. The van der Waals surface area contributed by atoms with Gasteiger partial charge in [-0.2, -0.15) is 0 Å². The third-order valence-electron chi connectivity index (χ3n) is 3.00. The molecule has 4 nitrogen and oxygen atoms in total. The van der Waals surface area contributed by atoms with Gasteiger partial charge in [-0.1, -0.05) is 44.2 Å². The van der Waals surface area contributed by atoms with Gasteiger partial charge in [0.15, 0.2) is 0 Å². The van der Waals surface area contributed by atoms with Crippen molar-refractivity contribution in [2.75, 3.05) is 0 Å². The fourth-order valence-corrected chi connectivity index (χ4v) is 3.06. The lowest BCUT2D eigenvalue weighted by molar-refractivity contribution is 0.0563. The van der Waals surface area contributed by atoms with E-state index in [1.54, 1.807) is 0 Å². The number of benzene rings is 1. The van der Waals surface area contributed by atoms with Crippen molar-refractivity contribution in [3.63, 3.8) is 0 Å². The molecule has 0 aliphatic heterocycles. The van der Waals surface area contributed by atoms with Gasteiger partial charge < -0.3 is 0 Å². The summed E-state index contributed by atoms with van der Waals surface area (Å²) in [4.78, 5) is 0. The third-order valence-corrected chi connectivity index (χ3v) is 4.68. The predicted molar refractivity (Wildman–Crippen MR) is 80.5 cm³/mol. The van der Waals surface area contributed by atoms with Crippen molar-refractivity contribution in [1.82, 2.24) is 0 Å². The van der Waals surface area contributed by atoms with Gasteiger partial charge in [-0.05, 0) is 32.3 Å². The summed E-state index contributed by atoms with van der Waals surface area (Å²) in [5.41, 5.74) is 0.938. The fourth-order valence-electron chi connectivity index (χ4n) is 1.40. The molecule has 0 aliphatic rings. The minimum Gasteiger partial charge on any atom is -0.284 e. The first-order valence-corrected chi connectivity index (χ1v) is 8.60. The molecular formula is C15H25O4P. The molecule has 2 unspecified atom stereocenters. The number of rotatable bonds is 9. The second-order valence-corrected chi connectivity index (χ2v) is 6.43. The van der Waals surface area contributed by atoms with E-state index in [-0.39, 0.29) is 18.8 Å². The van der Waals surface area contributed by atoms with E-state index < -0.39 is 7.82 Å². The van der Waals surface area contributed by atoms with Gasteiger partial charge in [0.2, 0.25) is 0 Å². The fraction of sp³-hybridized carbons (Fsp3) is 0.600. The number of hydrogen-bond donors (Lipinski definition) is 0. The molecule has 0 amide bonds. The third kappa shape index (κ3) is 6.19. The number of hydrogen-bond acceptors (Lipinski definition) is 4. The van der Waals surface area contributed by atoms with Gasteiger partial charge in [-0.15, -0.1) is 0 Å². The summed E-state index contributed by atoms with van der Waals surface area (Å²) >= 11 is 0. The molecule has 0 aliphatic carbocycles. The minimum atomic E-state index is -3.53. The van der Waals surface area contributed by atoms with E-state index in [4.69, 9.17) is 13.6 Å². The van der Waals surface area contributed by atoms with E-state index in [0.717, 1.165) is 18.4 Å². The molecule has 20 heavy (non-hydrogen) atoms. The molecule has 1 aromatic carbocycles. The number of phosphoric ester groups is 1. The van der Waals surface area contributed by atoms with Crippen LogP contribution in [0, 0.1) is 0 Å². The lowest BCUT2D eigenvalue weighted by atomic mass is 10.2. The Labute approximate surface area is 122 Å². The summed E-state index contributed by atoms with van der Waals surface area (Å²) in [5, 5.41) is 0. The molecule has 0 heterocycles. The Morgan fingerprint density at radius 1 is 1.00 bits per heavy atom. The highest BCUT2D eigenvalue weighted by molar-refractivity contribution is 7.48. The van der Waals surface area contributed by atoms with E-state index in [0.29, 0.717) is 0 Å². The van der Waals surface area contributed by atoms with Crippen LogP contribution >= 0.6 is 7.82 Å². The molecule has 0 spiro atoms. The zero-order valence-electron chi connectivity index (χ0n) is 12.7. The van der Waals surface area contributed by atoms with Gasteiger partial charge in [0.25, 0.3) is 0 Å². The number of phosphoric acid groups is 1. The van der Waals surface area contributed by atoms with Crippen LogP contribution < -0.4 is 0 Å². The maximum Gasteiger partial charge on any atom is 0.475 e. The maximum absolute atomic E-state index is 12.7. The molecule has 0 saturated carbocycles. The van der Waals surface area contributed by atoms with Gasteiger partial charge >= 0.3 is 7.82 Å². The van der Waals surface area contributed by atoms with E-state index in [9.17, 15) is 4.57 Å². The van der Waals surface area contributed by atoms with Crippen molar-refractivity contribution in [2.24, 2.45) is 0 Å². The summed E-state index contributed by atoms with van der Waals surface area (Å²) < 4.78 is 29.1.